The summed E-state index contributed by atoms with van der Waals surface area (Å²) < 4.78 is 1.67. The van der Waals surface area contributed by atoms with E-state index in [1.165, 1.54) is 11.8 Å². The molecule has 1 heterocycles. The van der Waals surface area contributed by atoms with Gasteiger partial charge in [0.2, 0.25) is 5.91 Å². The third-order valence-electron chi connectivity index (χ3n) is 4.17. The van der Waals surface area contributed by atoms with Crippen LogP contribution in [0.1, 0.15) is 19.4 Å². The van der Waals surface area contributed by atoms with Gasteiger partial charge in [0.15, 0.2) is 5.16 Å². The second kappa shape index (κ2) is 8.80. The minimum Gasteiger partial charge on any atom is -0.325 e. The lowest BCUT2D eigenvalue weighted by Gasteiger charge is -2.15. The highest BCUT2D eigenvalue weighted by Gasteiger charge is 2.14. The Hall–Kier alpha value is -2.31. The molecule has 0 bridgehead atoms. The minimum atomic E-state index is -0.158. The quantitative estimate of drug-likeness (QED) is 0.466. The van der Waals surface area contributed by atoms with E-state index in [2.05, 4.69) is 10.3 Å². The molecule has 0 spiro atoms. The van der Waals surface area contributed by atoms with E-state index in [1.807, 2.05) is 39.0 Å². The number of rotatable bonds is 6. The first-order valence-electron chi connectivity index (χ1n) is 9.03. The minimum absolute atomic E-state index is 0.0734. The zero-order valence-electron chi connectivity index (χ0n) is 16.0. The van der Waals surface area contributed by atoms with Crippen molar-refractivity contribution < 1.29 is 4.79 Å². The molecular weight excluding hydrogens is 394 g/mol. The topological polar surface area (TPSA) is 64.0 Å². The Balaban J connectivity index is 1.82. The van der Waals surface area contributed by atoms with E-state index in [-0.39, 0.29) is 23.1 Å². The molecule has 0 unspecified atom stereocenters. The number of amides is 1. The molecule has 0 atom stereocenters. The molecule has 3 rings (SSSR count). The van der Waals surface area contributed by atoms with Crippen molar-refractivity contribution in [1.29, 1.82) is 0 Å². The van der Waals surface area contributed by atoms with Crippen LogP contribution < -0.4 is 10.9 Å². The van der Waals surface area contributed by atoms with Crippen LogP contribution >= 0.6 is 23.4 Å². The van der Waals surface area contributed by atoms with Crippen LogP contribution in [0.25, 0.3) is 10.9 Å². The summed E-state index contributed by atoms with van der Waals surface area (Å²) in [7, 11) is 0. The van der Waals surface area contributed by atoms with Gasteiger partial charge in [-0.05, 0) is 48.7 Å². The summed E-state index contributed by atoms with van der Waals surface area (Å²) in [5.41, 5.74) is 2.19. The van der Waals surface area contributed by atoms with Crippen LogP contribution in [-0.2, 0) is 11.3 Å². The molecule has 0 aliphatic carbocycles. The predicted octanol–water partition coefficient (Wildman–Crippen LogP) is 4.75. The maximum absolute atomic E-state index is 12.9. The number of hydrogen-bond donors (Lipinski definition) is 1. The van der Waals surface area contributed by atoms with E-state index >= 15 is 0 Å². The number of carbonyl (C=O) groups is 1. The fourth-order valence-corrected chi connectivity index (χ4v) is 3.90. The van der Waals surface area contributed by atoms with E-state index in [4.69, 9.17) is 11.6 Å². The smallest absolute Gasteiger partial charge is 0.262 e. The fourth-order valence-electron chi connectivity index (χ4n) is 2.87. The molecule has 146 valence electrons. The van der Waals surface area contributed by atoms with Gasteiger partial charge >= 0.3 is 0 Å². The lowest BCUT2D eigenvalue weighted by atomic mass is 10.2. The summed E-state index contributed by atoms with van der Waals surface area (Å²) >= 11 is 7.23. The highest BCUT2D eigenvalue weighted by atomic mass is 35.5. The number of nitrogens with zero attached hydrogens (tertiary/aromatic N) is 2. The maximum atomic E-state index is 12.9. The van der Waals surface area contributed by atoms with Crippen LogP contribution in [0.4, 0.5) is 5.69 Å². The number of halogens is 1. The molecule has 0 aliphatic rings. The molecule has 1 aromatic heterocycles. The van der Waals surface area contributed by atoms with Gasteiger partial charge < -0.3 is 5.32 Å². The summed E-state index contributed by atoms with van der Waals surface area (Å²) in [5, 5.41) is 4.66. The molecule has 5 nitrogen and oxygen atoms in total. The molecule has 0 saturated carbocycles. The van der Waals surface area contributed by atoms with Gasteiger partial charge in [0.25, 0.3) is 5.56 Å². The van der Waals surface area contributed by atoms with Gasteiger partial charge in [-0.1, -0.05) is 49.3 Å². The number of aromatic nitrogens is 2. The van der Waals surface area contributed by atoms with Gasteiger partial charge in [-0.2, -0.15) is 0 Å². The molecule has 3 aromatic rings. The Morgan fingerprint density at radius 2 is 2.00 bits per heavy atom. The Morgan fingerprint density at radius 1 is 1.25 bits per heavy atom. The van der Waals surface area contributed by atoms with Crippen LogP contribution in [-0.4, -0.2) is 21.2 Å². The van der Waals surface area contributed by atoms with Gasteiger partial charge in [-0.25, -0.2) is 4.98 Å². The van der Waals surface area contributed by atoms with Crippen molar-refractivity contribution in [3.63, 3.8) is 0 Å². The summed E-state index contributed by atoms with van der Waals surface area (Å²) in [6, 6.07) is 12.6. The molecule has 0 saturated heterocycles. The molecule has 0 radical (unpaired) electrons. The predicted molar refractivity (Wildman–Crippen MR) is 116 cm³/mol. The van der Waals surface area contributed by atoms with Gasteiger partial charge in [0.1, 0.15) is 0 Å². The Kier molecular flexibility index (Phi) is 6.42. The summed E-state index contributed by atoms with van der Waals surface area (Å²) in [4.78, 5) is 29.9. The average molecular weight is 416 g/mol. The van der Waals surface area contributed by atoms with Crippen molar-refractivity contribution in [3.05, 3.63) is 63.4 Å². The van der Waals surface area contributed by atoms with Crippen LogP contribution in [0, 0.1) is 12.8 Å². The van der Waals surface area contributed by atoms with E-state index in [1.54, 1.807) is 28.8 Å². The molecule has 2 aromatic carbocycles. The molecule has 0 fully saturated rings. The van der Waals surface area contributed by atoms with Gasteiger partial charge in [0.05, 0.1) is 16.7 Å². The fraction of sp³-hybridized carbons (Fsp3) is 0.286. The van der Waals surface area contributed by atoms with E-state index in [0.717, 1.165) is 11.3 Å². The standard InChI is InChI=1S/C21H22ClN3O2S/c1-13(2)11-25-20(27)16-6-4-5-7-18(16)24-21(25)28-12-19(26)23-17-9-8-15(22)10-14(17)3/h4-10,13H,11-12H2,1-3H3,(H,23,26). The third-order valence-corrected chi connectivity index (χ3v) is 5.38. The van der Waals surface area contributed by atoms with Crippen LogP contribution in [0.5, 0.6) is 0 Å². The number of carbonyl (C=O) groups excluding carboxylic acids is 1. The first-order chi connectivity index (χ1) is 13.3. The molecule has 28 heavy (non-hydrogen) atoms. The summed E-state index contributed by atoms with van der Waals surface area (Å²) in [6.45, 7) is 6.54. The number of thioether (sulfide) groups is 1. The van der Waals surface area contributed by atoms with E-state index < -0.39 is 0 Å². The van der Waals surface area contributed by atoms with Crippen molar-refractivity contribution in [2.45, 2.75) is 32.5 Å². The second-order valence-corrected chi connectivity index (χ2v) is 8.40. The van der Waals surface area contributed by atoms with Crippen molar-refractivity contribution in [3.8, 4) is 0 Å². The zero-order chi connectivity index (χ0) is 20.3. The normalized spacial score (nSPS) is 11.2. The monoisotopic (exact) mass is 415 g/mol. The first-order valence-corrected chi connectivity index (χ1v) is 10.4. The SMILES string of the molecule is Cc1cc(Cl)ccc1NC(=O)CSc1nc2ccccc2c(=O)n1CC(C)C. The van der Waals surface area contributed by atoms with E-state index in [9.17, 15) is 9.59 Å². The highest BCUT2D eigenvalue weighted by Crippen LogP contribution is 2.22. The molecule has 1 amide bonds. The van der Waals surface area contributed by atoms with Crippen molar-refractivity contribution in [2.75, 3.05) is 11.1 Å². The first kappa shape index (κ1) is 20.4. The highest BCUT2D eigenvalue weighted by molar-refractivity contribution is 7.99. The number of benzene rings is 2. The zero-order valence-corrected chi connectivity index (χ0v) is 17.6. The van der Waals surface area contributed by atoms with E-state index in [0.29, 0.717) is 27.6 Å². The van der Waals surface area contributed by atoms with Crippen LogP contribution in [0.2, 0.25) is 5.02 Å². The average Bonchev–Trinajstić information content (AvgIpc) is 2.65. The third kappa shape index (κ3) is 4.75. The second-order valence-electron chi connectivity index (χ2n) is 7.02. The van der Waals surface area contributed by atoms with Gasteiger partial charge in [-0.15, -0.1) is 0 Å². The molecule has 1 N–H and O–H groups in total. The van der Waals surface area contributed by atoms with Gasteiger partial charge in [0, 0.05) is 17.3 Å². The van der Waals surface area contributed by atoms with Crippen molar-refractivity contribution >= 4 is 45.9 Å². The molecule has 7 heteroatoms. The largest absolute Gasteiger partial charge is 0.325 e. The number of hydrogen-bond acceptors (Lipinski definition) is 4. The Bertz CT molecular complexity index is 1080. The maximum Gasteiger partial charge on any atom is 0.262 e. The lowest BCUT2D eigenvalue weighted by Crippen LogP contribution is -2.26. The van der Waals surface area contributed by atoms with Crippen LogP contribution in [0.3, 0.4) is 0 Å². The van der Waals surface area contributed by atoms with Crippen LogP contribution in [0.15, 0.2) is 52.4 Å². The molecule has 0 aliphatic heterocycles. The Labute approximate surface area is 173 Å². The van der Waals surface area contributed by atoms with Crippen molar-refractivity contribution in [1.82, 2.24) is 9.55 Å². The van der Waals surface area contributed by atoms with Gasteiger partial charge in [-0.3, -0.25) is 14.2 Å². The number of nitrogens with one attached hydrogen (secondary N) is 1. The lowest BCUT2D eigenvalue weighted by molar-refractivity contribution is -0.113. The number of aryl methyl sites for hydroxylation is 1. The summed E-state index contributed by atoms with van der Waals surface area (Å²) in [5.74, 6) is 0.282. The van der Waals surface area contributed by atoms with Crippen molar-refractivity contribution in [2.24, 2.45) is 5.92 Å². The number of anilines is 1. The number of para-hydroxylation sites is 1. The summed E-state index contributed by atoms with van der Waals surface area (Å²) in [6.07, 6.45) is 0. The Morgan fingerprint density at radius 3 is 2.71 bits per heavy atom. The molecular formula is C21H22ClN3O2S. The number of fused-ring (bicyclic) bond motifs is 1.